The maximum atomic E-state index is 11.2. The summed E-state index contributed by atoms with van der Waals surface area (Å²) in [5, 5.41) is 14.0. The first-order chi connectivity index (χ1) is 7.24. The second-order valence-corrected chi connectivity index (χ2v) is 4.15. The van der Waals surface area contributed by atoms with E-state index in [1.54, 1.807) is 0 Å². The molecule has 0 aliphatic heterocycles. The van der Waals surface area contributed by atoms with Crippen molar-refractivity contribution in [3.8, 4) is 6.07 Å². The lowest BCUT2D eigenvalue weighted by molar-refractivity contribution is -0.120. The van der Waals surface area contributed by atoms with E-state index in [2.05, 4.69) is 17.6 Å². The second-order valence-electron chi connectivity index (χ2n) is 4.15. The largest absolute Gasteiger partial charge is 0.342 e. The van der Waals surface area contributed by atoms with E-state index in [0.717, 1.165) is 0 Å². The van der Waals surface area contributed by atoms with Gasteiger partial charge in [-0.3, -0.25) is 4.79 Å². The average molecular weight is 209 g/mol. The molecule has 0 bridgehead atoms. The standard InChI is InChI=1S/C11H19N3O/c1-9(10-4-2-3-5-10)14-8-11(15)13-7-6-12/h9-10,14H,2-5,7-8H2,1H3,(H,13,15). The fourth-order valence-electron chi connectivity index (χ4n) is 2.08. The summed E-state index contributed by atoms with van der Waals surface area (Å²) in [6, 6.07) is 2.28. The minimum Gasteiger partial charge on any atom is -0.342 e. The molecule has 1 aliphatic rings. The first-order valence-corrected chi connectivity index (χ1v) is 5.61. The van der Waals surface area contributed by atoms with Gasteiger partial charge in [0.2, 0.25) is 5.91 Å². The van der Waals surface area contributed by atoms with Crippen molar-refractivity contribution in [1.29, 1.82) is 5.26 Å². The van der Waals surface area contributed by atoms with Crippen molar-refractivity contribution in [3.63, 3.8) is 0 Å². The van der Waals surface area contributed by atoms with E-state index in [-0.39, 0.29) is 12.5 Å². The molecule has 0 radical (unpaired) electrons. The third kappa shape index (κ3) is 4.30. The van der Waals surface area contributed by atoms with E-state index in [0.29, 0.717) is 18.5 Å². The monoisotopic (exact) mass is 209 g/mol. The van der Waals surface area contributed by atoms with E-state index in [1.165, 1.54) is 25.7 Å². The topological polar surface area (TPSA) is 64.9 Å². The van der Waals surface area contributed by atoms with Gasteiger partial charge >= 0.3 is 0 Å². The van der Waals surface area contributed by atoms with Gasteiger partial charge in [-0.05, 0) is 25.7 Å². The number of carbonyl (C=O) groups excluding carboxylic acids is 1. The lowest BCUT2D eigenvalue weighted by Crippen LogP contribution is -2.40. The highest BCUT2D eigenvalue weighted by Gasteiger charge is 2.21. The Morgan fingerprint density at radius 2 is 2.20 bits per heavy atom. The molecule has 84 valence electrons. The Kier molecular flexibility index (Phi) is 5.13. The molecule has 0 aromatic carbocycles. The van der Waals surface area contributed by atoms with Gasteiger partial charge in [-0.2, -0.15) is 5.26 Å². The summed E-state index contributed by atoms with van der Waals surface area (Å²) in [6.45, 7) is 2.55. The summed E-state index contributed by atoms with van der Waals surface area (Å²) >= 11 is 0. The van der Waals surface area contributed by atoms with Gasteiger partial charge in [0.05, 0.1) is 12.6 Å². The molecule has 1 rings (SSSR count). The lowest BCUT2D eigenvalue weighted by Gasteiger charge is -2.19. The van der Waals surface area contributed by atoms with Gasteiger partial charge in [0.15, 0.2) is 0 Å². The van der Waals surface area contributed by atoms with Crippen LogP contribution in [0.1, 0.15) is 32.6 Å². The number of hydrogen-bond donors (Lipinski definition) is 2. The van der Waals surface area contributed by atoms with Crippen LogP contribution in [0, 0.1) is 17.2 Å². The highest BCUT2D eigenvalue weighted by Crippen LogP contribution is 2.27. The minimum atomic E-state index is -0.0959. The van der Waals surface area contributed by atoms with Gasteiger partial charge in [-0.15, -0.1) is 0 Å². The minimum absolute atomic E-state index is 0.0956. The molecule has 1 atom stereocenters. The predicted octanol–water partition coefficient (Wildman–Crippen LogP) is 0.794. The third-order valence-electron chi connectivity index (χ3n) is 3.06. The molecule has 0 aromatic heterocycles. The summed E-state index contributed by atoms with van der Waals surface area (Å²) < 4.78 is 0. The molecule has 0 heterocycles. The van der Waals surface area contributed by atoms with Crippen LogP contribution in [0.5, 0.6) is 0 Å². The number of nitrogens with one attached hydrogen (secondary N) is 2. The van der Waals surface area contributed by atoms with Crippen LogP contribution in [0.3, 0.4) is 0 Å². The highest BCUT2D eigenvalue weighted by atomic mass is 16.1. The Labute approximate surface area is 91.0 Å². The molecule has 1 amide bonds. The van der Waals surface area contributed by atoms with Crippen LogP contribution in [0.2, 0.25) is 0 Å². The molecule has 2 N–H and O–H groups in total. The summed E-state index contributed by atoms with van der Waals surface area (Å²) in [6.07, 6.45) is 5.18. The van der Waals surface area contributed by atoms with Crippen molar-refractivity contribution in [1.82, 2.24) is 10.6 Å². The molecule has 1 fully saturated rings. The number of amides is 1. The average Bonchev–Trinajstić information content (AvgIpc) is 2.76. The molecule has 1 unspecified atom stereocenters. The Hall–Kier alpha value is -1.08. The van der Waals surface area contributed by atoms with Crippen LogP contribution in [0.25, 0.3) is 0 Å². The zero-order valence-corrected chi connectivity index (χ0v) is 9.25. The van der Waals surface area contributed by atoms with Crippen LogP contribution < -0.4 is 10.6 Å². The van der Waals surface area contributed by atoms with Crippen LogP contribution >= 0.6 is 0 Å². The van der Waals surface area contributed by atoms with Crippen molar-refractivity contribution in [2.45, 2.75) is 38.6 Å². The van der Waals surface area contributed by atoms with Gasteiger partial charge in [0, 0.05) is 6.04 Å². The van der Waals surface area contributed by atoms with Crippen molar-refractivity contribution < 1.29 is 4.79 Å². The SMILES string of the molecule is CC(NCC(=O)NCC#N)C1CCCC1. The van der Waals surface area contributed by atoms with E-state index < -0.39 is 0 Å². The fourth-order valence-corrected chi connectivity index (χ4v) is 2.08. The van der Waals surface area contributed by atoms with Crippen molar-refractivity contribution in [3.05, 3.63) is 0 Å². The summed E-state index contributed by atoms with van der Waals surface area (Å²) in [5.74, 6) is 0.621. The number of carbonyl (C=O) groups is 1. The van der Waals surface area contributed by atoms with E-state index in [9.17, 15) is 4.79 Å². The van der Waals surface area contributed by atoms with Gasteiger partial charge < -0.3 is 10.6 Å². The Balaban J connectivity index is 2.13. The maximum Gasteiger partial charge on any atom is 0.234 e. The second kappa shape index (κ2) is 6.41. The van der Waals surface area contributed by atoms with E-state index >= 15 is 0 Å². The van der Waals surface area contributed by atoms with E-state index in [1.807, 2.05) is 6.07 Å². The molecule has 1 aliphatic carbocycles. The third-order valence-corrected chi connectivity index (χ3v) is 3.06. The molecule has 0 aromatic rings. The van der Waals surface area contributed by atoms with Crippen molar-refractivity contribution >= 4 is 5.91 Å². The zero-order chi connectivity index (χ0) is 11.1. The fraction of sp³-hybridized carbons (Fsp3) is 0.818. The van der Waals surface area contributed by atoms with Crippen LogP contribution in [0.4, 0.5) is 0 Å². The summed E-state index contributed by atoms with van der Waals surface area (Å²) in [4.78, 5) is 11.2. The first kappa shape index (κ1) is 12.0. The Morgan fingerprint density at radius 3 is 2.80 bits per heavy atom. The molecule has 0 saturated heterocycles. The van der Waals surface area contributed by atoms with Gasteiger partial charge in [-0.1, -0.05) is 12.8 Å². The van der Waals surface area contributed by atoms with Gasteiger partial charge in [0.1, 0.15) is 6.54 Å². The first-order valence-electron chi connectivity index (χ1n) is 5.61. The van der Waals surface area contributed by atoms with Crippen LogP contribution in [0.15, 0.2) is 0 Å². The predicted molar refractivity (Wildman–Crippen MR) is 58.0 cm³/mol. The molecular formula is C11H19N3O. The van der Waals surface area contributed by atoms with Crippen LogP contribution in [-0.2, 0) is 4.79 Å². The Bertz CT molecular complexity index is 241. The molecule has 4 heteroatoms. The summed E-state index contributed by atoms with van der Waals surface area (Å²) in [5.41, 5.74) is 0. The quantitative estimate of drug-likeness (QED) is 0.658. The van der Waals surface area contributed by atoms with E-state index in [4.69, 9.17) is 5.26 Å². The lowest BCUT2D eigenvalue weighted by atomic mass is 10.00. The smallest absolute Gasteiger partial charge is 0.234 e. The molecule has 1 saturated carbocycles. The Morgan fingerprint density at radius 1 is 1.53 bits per heavy atom. The molecule has 15 heavy (non-hydrogen) atoms. The number of nitriles is 1. The zero-order valence-electron chi connectivity index (χ0n) is 9.25. The molecule has 4 nitrogen and oxygen atoms in total. The van der Waals surface area contributed by atoms with Gasteiger partial charge in [0.25, 0.3) is 0 Å². The molecular weight excluding hydrogens is 190 g/mol. The van der Waals surface area contributed by atoms with Crippen molar-refractivity contribution in [2.24, 2.45) is 5.92 Å². The summed E-state index contributed by atoms with van der Waals surface area (Å²) in [7, 11) is 0. The number of hydrogen-bond acceptors (Lipinski definition) is 3. The molecule has 0 spiro atoms. The van der Waals surface area contributed by atoms with Crippen LogP contribution in [-0.4, -0.2) is 25.0 Å². The van der Waals surface area contributed by atoms with Gasteiger partial charge in [-0.25, -0.2) is 0 Å². The van der Waals surface area contributed by atoms with Crippen molar-refractivity contribution in [2.75, 3.05) is 13.1 Å². The maximum absolute atomic E-state index is 11.2. The number of nitrogens with zero attached hydrogens (tertiary/aromatic N) is 1. The normalized spacial score (nSPS) is 18.4. The highest BCUT2D eigenvalue weighted by molar-refractivity contribution is 5.78. The number of rotatable bonds is 5.